The molecule has 3 aliphatic rings. The van der Waals surface area contributed by atoms with Crippen LogP contribution in [-0.4, -0.2) is 30.9 Å². The lowest BCUT2D eigenvalue weighted by atomic mass is 9.92. The number of piperidine rings is 1. The van der Waals surface area contributed by atoms with Crippen molar-refractivity contribution in [2.24, 2.45) is 0 Å². The third kappa shape index (κ3) is 3.90. The Balaban J connectivity index is 1.29. The van der Waals surface area contributed by atoms with Gasteiger partial charge in [0.25, 0.3) is 0 Å². The van der Waals surface area contributed by atoms with Crippen molar-refractivity contribution in [2.75, 3.05) is 20.2 Å². The van der Waals surface area contributed by atoms with Crippen LogP contribution in [0.5, 0.6) is 11.5 Å². The Morgan fingerprint density at radius 2 is 1.82 bits per heavy atom. The van der Waals surface area contributed by atoms with Gasteiger partial charge in [-0.3, -0.25) is 0 Å². The van der Waals surface area contributed by atoms with Crippen molar-refractivity contribution >= 4 is 21.6 Å². The van der Waals surface area contributed by atoms with E-state index in [0.717, 1.165) is 59.7 Å². The summed E-state index contributed by atoms with van der Waals surface area (Å²) in [5.41, 5.74) is 8.22. The molecular weight excluding hydrogens is 490 g/mol. The summed E-state index contributed by atoms with van der Waals surface area (Å²) in [6.45, 7) is 3.21. The molecule has 34 heavy (non-hydrogen) atoms. The number of benzene rings is 3. The molecule has 0 radical (unpaired) electrons. The molecule has 1 fully saturated rings. The van der Waals surface area contributed by atoms with Crippen LogP contribution in [0.2, 0.25) is 0 Å². The van der Waals surface area contributed by atoms with Gasteiger partial charge in [0.2, 0.25) is 0 Å². The molecule has 3 aromatic carbocycles. The Labute approximate surface area is 209 Å². The number of ether oxygens (including phenoxy) is 2. The number of likely N-dealkylation sites (tertiary alicyclic amines) is 1. The van der Waals surface area contributed by atoms with E-state index in [4.69, 9.17) is 9.47 Å². The van der Waals surface area contributed by atoms with Crippen LogP contribution < -0.4 is 19.8 Å². The Bertz CT molecular complexity index is 1200. The number of rotatable bonds is 4. The van der Waals surface area contributed by atoms with E-state index >= 15 is 0 Å². The third-order valence-electron chi connectivity index (χ3n) is 7.31. The highest BCUT2D eigenvalue weighted by atomic mass is 79.9. The molecule has 1 unspecified atom stereocenters. The fourth-order valence-electron chi connectivity index (χ4n) is 5.48. The highest BCUT2D eigenvalue weighted by molar-refractivity contribution is 9.10. The molecule has 174 valence electrons. The van der Waals surface area contributed by atoms with Crippen molar-refractivity contribution in [1.29, 1.82) is 0 Å². The molecule has 0 amide bonds. The zero-order valence-corrected chi connectivity index (χ0v) is 20.8. The van der Waals surface area contributed by atoms with Gasteiger partial charge in [-0.1, -0.05) is 46.3 Å². The SMILES string of the molecule is COc1ccc(C2=CC3c4cc(Br)ccc4OC4(CC[NH+](Cc5ccccc5)CC4)N3N2)cc1. The number of fused-ring (bicyclic) bond motifs is 4. The van der Waals surface area contributed by atoms with Gasteiger partial charge in [-0.25, -0.2) is 0 Å². The van der Waals surface area contributed by atoms with Crippen molar-refractivity contribution in [1.82, 2.24) is 10.4 Å². The zero-order valence-electron chi connectivity index (χ0n) is 19.3. The number of nitrogens with one attached hydrogen (secondary N) is 2. The quantitative estimate of drug-likeness (QED) is 0.539. The lowest BCUT2D eigenvalue weighted by Gasteiger charge is -2.50. The summed E-state index contributed by atoms with van der Waals surface area (Å²) in [5.74, 6) is 1.85. The minimum Gasteiger partial charge on any atom is -0.497 e. The molecule has 6 heteroatoms. The molecule has 6 rings (SSSR count). The van der Waals surface area contributed by atoms with Gasteiger partial charge in [0.05, 0.1) is 44.8 Å². The summed E-state index contributed by atoms with van der Waals surface area (Å²) >= 11 is 3.66. The molecule has 3 aromatic rings. The summed E-state index contributed by atoms with van der Waals surface area (Å²) in [7, 11) is 1.70. The molecule has 0 aromatic heterocycles. The minimum absolute atomic E-state index is 0.119. The highest BCUT2D eigenvalue weighted by Gasteiger charge is 2.52. The van der Waals surface area contributed by atoms with E-state index in [2.05, 4.69) is 93.1 Å². The van der Waals surface area contributed by atoms with Crippen molar-refractivity contribution < 1.29 is 14.4 Å². The van der Waals surface area contributed by atoms with Crippen LogP contribution in [0.4, 0.5) is 0 Å². The molecule has 0 saturated carbocycles. The lowest BCUT2D eigenvalue weighted by molar-refractivity contribution is -0.921. The smallest absolute Gasteiger partial charge is 0.191 e. The van der Waals surface area contributed by atoms with Gasteiger partial charge in [0.1, 0.15) is 18.0 Å². The number of hydrogen-bond acceptors (Lipinski definition) is 4. The van der Waals surface area contributed by atoms with Crippen LogP contribution in [0.1, 0.15) is 35.6 Å². The van der Waals surface area contributed by atoms with E-state index in [9.17, 15) is 0 Å². The summed E-state index contributed by atoms with van der Waals surface area (Å²) < 4.78 is 13.2. The maximum Gasteiger partial charge on any atom is 0.191 e. The van der Waals surface area contributed by atoms with Gasteiger partial charge in [-0.15, -0.1) is 0 Å². The van der Waals surface area contributed by atoms with Crippen LogP contribution in [0.3, 0.4) is 0 Å². The average Bonchev–Trinajstić information content (AvgIpc) is 3.34. The van der Waals surface area contributed by atoms with E-state index in [1.807, 2.05) is 12.1 Å². The summed E-state index contributed by atoms with van der Waals surface area (Å²) in [6.07, 6.45) is 4.27. The normalized spacial score (nSPS) is 25.6. The largest absolute Gasteiger partial charge is 0.497 e. The second kappa shape index (κ2) is 8.77. The Hall–Kier alpha value is -2.80. The molecule has 3 heterocycles. The standard InChI is InChI=1S/C28H28BrN3O2/c1-33-23-10-7-21(8-11-23)25-18-26-24-17-22(29)9-12-27(24)34-28(32(26)30-25)13-15-31(16-14-28)19-20-5-3-2-4-6-20/h2-12,17-18,26,30H,13-16,19H2,1H3/p+1. The predicted molar refractivity (Wildman–Crippen MR) is 136 cm³/mol. The van der Waals surface area contributed by atoms with E-state index in [0.29, 0.717) is 0 Å². The topological polar surface area (TPSA) is 38.2 Å². The second-order valence-corrected chi connectivity index (χ2v) is 10.3. The second-order valence-electron chi connectivity index (χ2n) is 9.38. The number of hydrogen-bond donors (Lipinski definition) is 2. The van der Waals surface area contributed by atoms with Crippen LogP contribution in [-0.2, 0) is 6.54 Å². The monoisotopic (exact) mass is 518 g/mol. The first-order chi connectivity index (χ1) is 16.6. The average molecular weight is 519 g/mol. The van der Waals surface area contributed by atoms with E-state index in [1.54, 1.807) is 12.0 Å². The number of quaternary nitrogens is 1. The van der Waals surface area contributed by atoms with Gasteiger partial charge in [0.15, 0.2) is 5.72 Å². The molecule has 1 spiro atoms. The van der Waals surface area contributed by atoms with Gasteiger partial charge >= 0.3 is 0 Å². The van der Waals surface area contributed by atoms with Gasteiger partial charge in [-0.05, 0) is 54.1 Å². The van der Waals surface area contributed by atoms with Crippen molar-refractivity contribution in [3.63, 3.8) is 0 Å². The first-order valence-corrected chi connectivity index (χ1v) is 12.7. The summed E-state index contributed by atoms with van der Waals surface area (Å²) in [6, 6.07) is 25.5. The third-order valence-corrected chi connectivity index (χ3v) is 7.80. The number of methoxy groups -OCH3 is 1. The first kappa shape index (κ1) is 21.7. The summed E-state index contributed by atoms with van der Waals surface area (Å²) in [4.78, 5) is 1.61. The molecular formula is C28H29BrN3O2+. The Morgan fingerprint density at radius 1 is 1.06 bits per heavy atom. The predicted octanol–water partition coefficient (Wildman–Crippen LogP) is 4.33. The maximum absolute atomic E-state index is 6.82. The number of hydrazine groups is 1. The maximum atomic E-state index is 6.82. The molecule has 1 atom stereocenters. The van der Waals surface area contributed by atoms with Gasteiger partial charge in [-0.2, -0.15) is 5.01 Å². The first-order valence-electron chi connectivity index (χ1n) is 11.9. The van der Waals surface area contributed by atoms with Crippen LogP contribution in [0.15, 0.2) is 83.3 Å². The van der Waals surface area contributed by atoms with Crippen LogP contribution >= 0.6 is 15.9 Å². The molecule has 0 bridgehead atoms. The zero-order chi connectivity index (χ0) is 23.1. The Morgan fingerprint density at radius 3 is 2.56 bits per heavy atom. The summed E-state index contributed by atoms with van der Waals surface area (Å²) in [5, 5.41) is 2.36. The Kier molecular flexibility index (Phi) is 5.60. The fourth-order valence-corrected chi connectivity index (χ4v) is 5.86. The van der Waals surface area contributed by atoms with Crippen molar-refractivity contribution in [2.45, 2.75) is 31.2 Å². The molecule has 5 nitrogen and oxygen atoms in total. The molecule has 2 N–H and O–H groups in total. The van der Waals surface area contributed by atoms with Crippen molar-refractivity contribution in [3.05, 3.63) is 100 Å². The fraction of sp³-hybridized carbons (Fsp3) is 0.286. The number of nitrogens with zero attached hydrogens (tertiary/aromatic N) is 1. The van der Waals surface area contributed by atoms with Gasteiger partial charge < -0.3 is 19.8 Å². The van der Waals surface area contributed by atoms with Crippen LogP contribution in [0.25, 0.3) is 5.70 Å². The molecule has 3 aliphatic heterocycles. The molecule has 0 aliphatic carbocycles. The van der Waals surface area contributed by atoms with E-state index in [-0.39, 0.29) is 11.8 Å². The lowest BCUT2D eigenvalue weighted by Crippen LogP contribution is -3.12. The number of halogens is 1. The minimum atomic E-state index is -0.365. The van der Waals surface area contributed by atoms with E-state index in [1.165, 1.54) is 11.1 Å². The van der Waals surface area contributed by atoms with E-state index < -0.39 is 0 Å². The van der Waals surface area contributed by atoms with Crippen LogP contribution in [0, 0.1) is 0 Å². The molecule has 1 saturated heterocycles. The van der Waals surface area contributed by atoms with Gasteiger partial charge in [0, 0.05) is 15.6 Å². The van der Waals surface area contributed by atoms with Crippen molar-refractivity contribution in [3.8, 4) is 11.5 Å². The highest BCUT2D eigenvalue weighted by Crippen LogP contribution is 2.48.